The van der Waals surface area contributed by atoms with Crippen LogP contribution in [0.5, 0.6) is 0 Å². The standard InChI is InChI=1S/C71H126O6/c1-4-7-10-13-16-19-22-25-28-31-33-35-37-38-40-43-46-49-52-55-58-61-64-70(73)76-67-68(66-75-69(72)63-60-57-54-51-48-45-42-30-27-24-21-18-15-12-9-6-3)77-71(74)65-62-59-56-53-50-47-44-41-39-36-34-32-29-26-23-20-17-14-11-8-5-2/h8,11,17,20,26,29-30,34,36,41-42,44,68H,4-7,9-10,12-16,18-19,21-25,27-28,31-33,35,37-40,43,45-67H2,1-3H3/b11-8-,20-17-,29-26-,36-34-,42-30-,44-41-. The van der Waals surface area contributed by atoms with Crippen molar-refractivity contribution in [3.8, 4) is 0 Å². The topological polar surface area (TPSA) is 78.9 Å². The lowest BCUT2D eigenvalue weighted by Crippen LogP contribution is -2.30. The van der Waals surface area contributed by atoms with Gasteiger partial charge in [-0.25, -0.2) is 0 Å². The van der Waals surface area contributed by atoms with Crippen molar-refractivity contribution in [1.29, 1.82) is 0 Å². The number of unbranched alkanes of at least 4 members (excludes halogenated alkanes) is 38. The minimum Gasteiger partial charge on any atom is -0.462 e. The highest BCUT2D eigenvalue weighted by molar-refractivity contribution is 5.71. The molecule has 1 atom stereocenters. The first kappa shape index (κ1) is 73.8. The van der Waals surface area contributed by atoms with Crippen LogP contribution in [0.4, 0.5) is 0 Å². The molecule has 0 aliphatic heterocycles. The maximum absolute atomic E-state index is 12.9. The van der Waals surface area contributed by atoms with Crippen LogP contribution in [0.2, 0.25) is 0 Å². The van der Waals surface area contributed by atoms with E-state index in [0.717, 1.165) is 116 Å². The van der Waals surface area contributed by atoms with Crippen molar-refractivity contribution in [3.63, 3.8) is 0 Å². The predicted octanol–water partition coefficient (Wildman–Crippen LogP) is 22.9. The van der Waals surface area contributed by atoms with Gasteiger partial charge >= 0.3 is 17.9 Å². The Kier molecular flexibility index (Phi) is 62.7. The third-order valence-corrected chi connectivity index (χ3v) is 14.7. The minimum atomic E-state index is -0.790. The van der Waals surface area contributed by atoms with E-state index in [-0.39, 0.29) is 31.1 Å². The molecular formula is C71H126O6. The maximum Gasteiger partial charge on any atom is 0.306 e. The maximum atomic E-state index is 12.9. The molecule has 6 nitrogen and oxygen atoms in total. The van der Waals surface area contributed by atoms with Crippen molar-refractivity contribution in [1.82, 2.24) is 0 Å². The van der Waals surface area contributed by atoms with Crippen molar-refractivity contribution >= 4 is 17.9 Å². The Morgan fingerprint density at radius 3 is 0.805 bits per heavy atom. The van der Waals surface area contributed by atoms with Gasteiger partial charge in [-0.2, -0.15) is 0 Å². The number of ether oxygens (including phenoxy) is 3. The molecule has 0 aromatic heterocycles. The van der Waals surface area contributed by atoms with Crippen molar-refractivity contribution in [2.24, 2.45) is 0 Å². The number of hydrogen-bond acceptors (Lipinski definition) is 6. The second-order valence-electron chi connectivity index (χ2n) is 22.4. The average Bonchev–Trinajstić information content (AvgIpc) is 3.43. The first-order valence-corrected chi connectivity index (χ1v) is 33.4. The highest BCUT2D eigenvalue weighted by atomic mass is 16.6. The van der Waals surface area contributed by atoms with Crippen molar-refractivity contribution in [3.05, 3.63) is 72.9 Å². The zero-order valence-electron chi connectivity index (χ0n) is 51.2. The quantitative estimate of drug-likeness (QED) is 0.0261. The molecule has 0 bridgehead atoms. The number of carbonyl (C=O) groups excluding carboxylic acids is 3. The molecular weight excluding hydrogens is 949 g/mol. The molecule has 0 aromatic carbocycles. The molecule has 0 spiro atoms. The van der Waals surface area contributed by atoms with Gasteiger partial charge in [0, 0.05) is 19.3 Å². The van der Waals surface area contributed by atoms with E-state index in [0.29, 0.717) is 19.3 Å². The Labute approximate surface area is 478 Å². The average molecular weight is 1080 g/mol. The summed E-state index contributed by atoms with van der Waals surface area (Å²) in [7, 11) is 0. The summed E-state index contributed by atoms with van der Waals surface area (Å²) in [4.78, 5) is 38.4. The summed E-state index contributed by atoms with van der Waals surface area (Å²) in [6.07, 6.45) is 84.8. The molecule has 0 aliphatic carbocycles. The summed E-state index contributed by atoms with van der Waals surface area (Å²) in [5, 5.41) is 0. The summed E-state index contributed by atoms with van der Waals surface area (Å²) in [6.45, 7) is 6.55. The molecule has 0 amide bonds. The zero-order valence-corrected chi connectivity index (χ0v) is 51.2. The fraction of sp³-hybridized carbons (Fsp3) is 0.789. The van der Waals surface area contributed by atoms with Crippen LogP contribution >= 0.6 is 0 Å². The zero-order chi connectivity index (χ0) is 55.7. The van der Waals surface area contributed by atoms with Gasteiger partial charge < -0.3 is 14.2 Å². The van der Waals surface area contributed by atoms with Gasteiger partial charge in [-0.05, 0) is 89.9 Å². The molecule has 0 N–H and O–H groups in total. The van der Waals surface area contributed by atoms with E-state index in [1.54, 1.807) is 0 Å². The van der Waals surface area contributed by atoms with E-state index in [1.807, 2.05) is 0 Å². The molecule has 0 heterocycles. The number of carbonyl (C=O) groups is 3. The first-order chi connectivity index (χ1) is 38.0. The van der Waals surface area contributed by atoms with Crippen molar-refractivity contribution < 1.29 is 28.6 Å². The number of rotatable bonds is 61. The van der Waals surface area contributed by atoms with Crippen LogP contribution in [0.25, 0.3) is 0 Å². The molecule has 0 saturated heterocycles. The predicted molar refractivity (Wildman–Crippen MR) is 335 cm³/mol. The molecule has 6 heteroatoms. The van der Waals surface area contributed by atoms with Gasteiger partial charge in [0.15, 0.2) is 6.10 Å². The lowest BCUT2D eigenvalue weighted by atomic mass is 10.0. The lowest BCUT2D eigenvalue weighted by Gasteiger charge is -2.18. The molecule has 1 unspecified atom stereocenters. The van der Waals surface area contributed by atoms with Gasteiger partial charge in [0.1, 0.15) is 13.2 Å². The molecule has 0 aromatic rings. The molecule has 0 saturated carbocycles. The first-order valence-electron chi connectivity index (χ1n) is 33.4. The Bertz CT molecular complexity index is 1420. The van der Waals surface area contributed by atoms with E-state index in [2.05, 4.69) is 93.7 Å². The van der Waals surface area contributed by atoms with Gasteiger partial charge in [0.05, 0.1) is 0 Å². The third kappa shape index (κ3) is 63.6. The van der Waals surface area contributed by atoms with E-state index < -0.39 is 6.10 Å². The van der Waals surface area contributed by atoms with Crippen LogP contribution in [0.15, 0.2) is 72.9 Å². The Morgan fingerprint density at radius 1 is 0.273 bits per heavy atom. The van der Waals surface area contributed by atoms with Gasteiger partial charge in [0.25, 0.3) is 0 Å². The fourth-order valence-electron chi connectivity index (χ4n) is 9.70. The fourth-order valence-corrected chi connectivity index (χ4v) is 9.70. The van der Waals surface area contributed by atoms with Gasteiger partial charge in [-0.3, -0.25) is 14.4 Å². The highest BCUT2D eigenvalue weighted by Crippen LogP contribution is 2.17. The van der Waals surface area contributed by atoms with E-state index >= 15 is 0 Å². The molecule has 0 aliphatic rings. The largest absolute Gasteiger partial charge is 0.462 e. The van der Waals surface area contributed by atoms with Crippen LogP contribution < -0.4 is 0 Å². The summed E-state index contributed by atoms with van der Waals surface area (Å²) in [6, 6.07) is 0. The molecule has 77 heavy (non-hydrogen) atoms. The van der Waals surface area contributed by atoms with Crippen LogP contribution in [0, 0.1) is 0 Å². The van der Waals surface area contributed by atoms with Crippen LogP contribution in [-0.2, 0) is 28.6 Å². The van der Waals surface area contributed by atoms with Crippen molar-refractivity contribution in [2.75, 3.05) is 13.2 Å². The molecule has 0 rings (SSSR count). The Morgan fingerprint density at radius 2 is 0.506 bits per heavy atom. The summed E-state index contributed by atoms with van der Waals surface area (Å²) in [5.41, 5.74) is 0. The second kappa shape index (κ2) is 65.4. The summed E-state index contributed by atoms with van der Waals surface area (Å²) in [5.74, 6) is -0.892. The monoisotopic (exact) mass is 1070 g/mol. The molecule has 0 radical (unpaired) electrons. The van der Waals surface area contributed by atoms with Crippen LogP contribution in [0.3, 0.4) is 0 Å². The smallest absolute Gasteiger partial charge is 0.306 e. The van der Waals surface area contributed by atoms with E-state index in [4.69, 9.17) is 14.2 Å². The third-order valence-electron chi connectivity index (χ3n) is 14.7. The number of esters is 3. The molecule has 0 fully saturated rings. The minimum absolute atomic E-state index is 0.0829. The van der Waals surface area contributed by atoms with E-state index in [1.165, 1.54) is 186 Å². The Balaban J connectivity index is 4.38. The number of hydrogen-bond donors (Lipinski definition) is 0. The van der Waals surface area contributed by atoms with Gasteiger partial charge in [-0.1, -0.05) is 306 Å². The van der Waals surface area contributed by atoms with Crippen LogP contribution in [-0.4, -0.2) is 37.2 Å². The van der Waals surface area contributed by atoms with Crippen LogP contribution in [0.1, 0.15) is 342 Å². The molecule has 446 valence electrons. The normalized spacial score (nSPS) is 12.5. The van der Waals surface area contributed by atoms with Gasteiger partial charge in [-0.15, -0.1) is 0 Å². The lowest BCUT2D eigenvalue weighted by molar-refractivity contribution is -0.167. The van der Waals surface area contributed by atoms with E-state index in [9.17, 15) is 14.4 Å². The SMILES string of the molecule is CC/C=C\C/C=C\C/C=C\C/C=C\C/C=C\CCCCCCCC(=O)OC(COC(=O)CCCCCCC/C=C\CCCCCCCCC)COC(=O)CCCCCCCCCCCCCCCCCCCCCCCC. The number of allylic oxidation sites excluding steroid dienone is 12. The summed E-state index contributed by atoms with van der Waals surface area (Å²) >= 11 is 0. The highest BCUT2D eigenvalue weighted by Gasteiger charge is 2.19. The Hall–Kier alpha value is -3.15. The van der Waals surface area contributed by atoms with Gasteiger partial charge in [0.2, 0.25) is 0 Å². The second-order valence-corrected chi connectivity index (χ2v) is 22.4. The summed E-state index contributed by atoms with van der Waals surface area (Å²) < 4.78 is 17.0. The van der Waals surface area contributed by atoms with Crippen molar-refractivity contribution in [2.45, 2.75) is 348 Å².